The lowest BCUT2D eigenvalue weighted by Gasteiger charge is -2.21. The van der Waals surface area contributed by atoms with Crippen molar-refractivity contribution in [2.24, 2.45) is 5.92 Å². The van der Waals surface area contributed by atoms with Crippen LogP contribution in [0.1, 0.15) is 43.0 Å². The summed E-state index contributed by atoms with van der Waals surface area (Å²) < 4.78 is 143. The Morgan fingerprint density at radius 2 is 1.22 bits per heavy atom. The van der Waals surface area contributed by atoms with Crippen LogP contribution in [-0.4, -0.2) is 13.5 Å². The molecule has 0 radical (unpaired) electrons. The molecule has 4 aromatic rings. The zero-order chi connectivity index (χ0) is 34.6. The molecule has 0 saturated heterocycles. The molecular formula is C34H30F10O2. The summed E-state index contributed by atoms with van der Waals surface area (Å²) in [5.41, 5.74) is 1.57. The van der Waals surface area contributed by atoms with Crippen LogP contribution in [0.5, 0.6) is 11.5 Å². The summed E-state index contributed by atoms with van der Waals surface area (Å²) in [6, 6.07) is 10.7. The minimum atomic E-state index is -5.25. The van der Waals surface area contributed by atoms with Crippen molar-refractivity contribution in [3.8, 4) is 33.8 Å². The molecule has 5 rings (SSSR count). The van der Waals surface area contributed by atoms with E-state index >= 15 is 4.39 Å². The first-order valence-electron chi connectivity index (χ1n) is 14.0. The summed E-state index contributed by atoms with van der Waals surface area (Å²) in [4.78, 5) is 0. The van der Waals surface area contributed by atoms with Crippen molar-refractivity contribution in [2.75, 3.05) is 7.18 Å². The highest BCUT2D eigenvalue weighted by atomic mass is 19.4. The zero-order valence-corrected chi connectivity index (χ0v) is 25.4. The minimum absolute atomic E-state index is 0.140. The van der Waals surface area contributed by atoms with Crippen molar-refractivity contribution < 1.29 is 53.4 Å². The van der Waals surface area contributed by atoms with Crippen molar-refractivity contribution in [3.05, 3.63) is 106 Å². The molecule has 248 valence electrons. The summed E-state index contributed by atoms with van der Waals surface area (Å²) in [5, 5.41) is 0. The molecule has 0 N–H and O–H groups in total. The Labute approximate surface area is 259 Å². The Kier molecular flexibility index (Phi) is 11.4. The van der Waals surface area contributed by atoms with E-state index in [0.29, 0.717) is 48.5 Å². The van der Waals surface area contributed by atoms with Gasteiger partial charge in [0.25, 0.3) is 0 Å². The number of alkyl halides is 6. The van der Waals surface area contributed by atoms with Gasteiger partial charge in [-0.2, -0.15) is 8.78 Å². The third-order valence-corrected chi connectivity index (χ3v) is 6.96. The van der Waals surface area contributed by atoms with Crippen molar-refractivity contribution in [3.63, 3.8) is 0 Å². The van der Waals surface area contributed by atoms with Gasteiger partial charge in [0.05, 0.1) is 7.18 Å². The molecular weight excluding hydrogens is 630 g/mol. The maximum Gasteiger partial charge on any atom is 0.573 e. The predicted octanol–water partition coefficient (Wildman–Crippen LogP) is 11.3. The lowest BCUT2D eigenvalue weighted by molar-refractivity contribution is -0.275. The number of rotatable bonds is 6. The first kappa shape index (κ1) is 36.3. The van der Waals surface area contributed by atoms with Gasteiger partial charge in [-0.3, -0.25) is 4.39 Å². The molecule has 46 heavy (non-hydrogen) atoms. The molecule has 1 unspecified atom stereocenters. The van der Waals surface area contributed by atoms with E-state index in [1.165, 1.54) is 24.1 Å². The minimum Gasteiger partial charge on any atom is -0.429 e. The molecule has 0 aromatic heterocycles. The second kappa shape index (κ2) is 14.5. The number of fused-ring (bicyclic) bond motifs is 1. The molecule has 0 spiro atoms. The third kappa shape index (κ3) is 8.13. The molecule has 0 heterocycles. The smallest absolute Gasteiger partial charge is 0.429 e. The second-order valence-electron chi connectivity index (χ2n) is 10.2. The standard InChI is InChI=1S/C31H21F9O2.C2H6.CH3F/c1-15-7-17-3-4-18(10-19(17)8-15)20-9-16(2)28(24(33)11-20)21-12-25(34)29(26(35)13-21)30(36,37)41-22-5-6-27(23(32)14-22)42-31(38,39)40;2*1-2/h3-6,9-15H,7-8H2,1-2H3;1-2H3;1H3. The van der Waals surface area contributed by atoms with E-state index in [-0.39, 0.29) is 17.2 Å². The van der Waals surface area contributed by atoms with Crippen molar-refractivity contribution >= 4 is 0 Å². The van der Waals surface area contributed by atoms with Gasteiger partial charge in [-0.05, 0) is 89.4 Å². The topological polar surface area (TPSA) is 18.5 Å². The summed E-state index contributed by atoms with van der Waals surface area (Å²) in [5.74, 6) is -7.97. The van der Waals surface area contributed by atoms with Crippen LogP contribution in [0.15, 0.2) is 60.7 Å². The third-order valence-electron chi connectivity index (χ3n) is 6.96. The molecule has 1 aliphatic rings. The number of ether oxygens (including phenoxy) is 2. The van der Waals surface area contributed by atoms with E-state index in [2.05, 4.69) is 16.4 Å². The summed E-state index contributed by atoms with van der Waals surface area (Å²) >= 11 is 0. The Morgan fingerprint density at radius 3 is 1.78 bits per heavy atom. The highest BCUT2D eigenvalue weighted by Gasteiger charge is 2.42. The Bertz CT molecular complexity index is 1640. The van der Waals surface area contributed by atoms with Crippen LogP contribution in [0.2, 0.25) is 0 Å². The second-order valence-corrected chi connectivity index (χ2v) is 10.2. The fourth-order valence-corrected chi connectivity index (χ4v) is 5.24. The monoisotopic (exact) mass is 660 g/mol. The molecule has 0 amide bonds. The van der Waals surface area contributed by atoms with Gasteiger partial charge in [-0.1, -0.05) is 45.0 Å². The van der Waals surface area contributed by atoms with E-state index in [4.69, 9.17) is 0 Å². The van der Waals surface area contributed by atoms with E-state index in [1.54, 1.807) is 6.07 Å². The number of halogens is 10. The maximum absolute atomic E-state index is 15.3. The number of hydrogen-bond donors (Lipinski definition) is 0. The molecule has 0 fully saturated rings. The molecule has 1 aliphatic carbocycles. The fraction of sp³-hybridized carbons (Fsp3) is 0.294. The first-order chi connectivity index (χ1) is 21.6. The summed E-state index contributed by atoms with van der Waals surface area (Å²) in [7, 11) is 0.500. The first-order valence-corrected chi connectivity index (χ1v) is 14.0. The van der Waals surface area contributed by atoms with Crippen LogP contribution in [0.3, 0.4) is 0 Å². The molecule has 4 aromatic carbocycles. The molecule has 0 saturated carbocycles. The average Bonchev–Trinajstić information content (AvgIpc) is 3.34. The Morgan fingerprint density at radius 1 is 0.630 bits per heavy atom. The van der Waals surface area contributed by atoms with Gasteiger partial charge in [0.1, 0.15) is 28.8 Å². The number of aryl methyl sites for hydroxylation is 1. The van der Waals surface area contributed by atoms with Gasteiger partial charge in [0.2, 0.25) is 0 Å². The van der Waals surface area contributed by atoms with Gasteiger partial charge in [-0.15, -0.1) is 13.2 Å². The average molecular weight is 661 g/mol. The Hall–Kier alpha value is -4.22. The van der Waals surface area contributed by atoms with Gasteiger partial charge in [0.15, 0.2) is 11.6 Å². The molecule has 0 aliphatic heterocycles. The van der Waals surface area contributed by atoms with Gasteiger partial charge >= 0.3 is 12.5 Å². The Balaban J connectivity index is 0.00000139. The van der Waals surface area contributed by atoms with E-state index in [1.807, 2.05) is 32.0 Å². The predicted molar refractivity (Wildman–Crippen MR) is 154 cm³/mol. The van der Waals surface area contributed by atoms with Crippen LogP contribution in [0.4, 0.5) is 43.9 Å². The molecule has 1 atom stereocenters. The van der Waals surface area contributed by atoms with E-state index in [0.717, 1.165) is 18.4 Å². The highest BCUT2D eigenvalue weighted by Crippen LogP contribution is 2.40. The van der Waals surface area contributed by atoms with Crippen LogP contribution >= 0.6 is 0 Å². The zero-order valence-electron chi connectivity index (χ0n) is 25.4. The quantitative estimate of drug-likeness (QED) is 0.192. The maximum atomic E-state index is 15.3. The largest absolute Gasteiger partial charge is 0.573 e. The fourth-order valence-electron chi connectivity index (χ4n) is 5.24. The van der Waals surface area contributed by atoms with E-state index in [9.17, 15) is 39.5 Å². The van der Waals surface area contributed by atoms with Crippen molar-refractivity contribution in [2.45, 2.75) is 53.0 Å². The van der Waals surface area contributed by atoms with Crippen LogP contribution in [0, 0.1) is 36.1 Å². The van der Waals surface area contributed by atoms with Crippen LogP contribution in [0.25, 0.3) is 22.3 Å². The van der Waals surface area contributed by atoms with Crippen molar-refractivity contribution in [1.82, 2.24) is 0 Å². The van der Waals surface area contributed by atoms with Gasteiger partial charge in [-0.25, -0.2) is 17.6 Å². The van der Waals surface area contributed by atoms with E-state index < -0.39 is 52.8 Å². The highest BCUT2D eigenvalue weighted by molar-refractivity contribution is 5.75. The van der Waals surface area contributed by atoms with Crippen LogP contribution < -0.4 is 9.47 Å². The number of hydrogen-bond acceptors (Lipinski definition) is 2. The van der Waals surface area contributed by atoms with Gasteiger partial charge in [0, 0.05) is 11.6 Å². The summed E-state index contributed by atoms with van der Waals surface area (Å²) in [6.45, 7) is 7.65. The lowest BCUT2D eigenvalue weighted by Crippen LogP contribution is -2.25. The van der Waals surface area contributed by atoms with Crippen LogP contribution in [-0.2, 0) is 19.0 Å². The molecule has 12 heteroatoms. The number of benzene rings is 4. The molecule has 0 bridgehead atoms. The lowest BCUT2D eigenvalue weighted by atomic mass is 9.93. The SMILES string of the molecule is CC.CF.Cc1cc(-c2ccc3c(c2)CC(C)C3)cc(F)c1-c1cc(F)c(C(F)(F)Oc2ccc(OC(F)(F)F)c(F)c2)c(F)c1. The van der Waals surface area contributed by atoms with Gasteiger partial charge < -0.3 is 9.47 Å². The summed E-state index contributed by atoms with van der Waals surface area (Å²) in [6.07, 6.45) is -8.12. The molecule has 2 nitrogen and oxygen atoms in total. The normalized spacial score (nSPS) is 14.0. The van der Waals surface area contributed by atoms with Crippen molar-refractivity contribution in [1.29, 1.82) is 0 Å².